The molecule has 0 amide bonds. The minimum absolute atomic E-state index is 0.140. The summed E-state index contributed by atoms with van der Waals surface area (Å²) in [5.41, 5.74) is -0.140. The second-order valence-corrected chi connectivity index (χ2v) is 6.15. The van der Waals surface area contributed by atoms with E-state index >= 15 is 0 Å². The van der Waals surface area contributed by atoms with Gasteiger partial charge in [0.15, 0.2) is 0 Å². The van der Waals surface area contributed by atoms with E-state index in [4.69, 9.17) is 0 Å². The van der Waals surface area contributed by atoms with Crippen LogP contribution in [-0.4, -0.2) is 55.4 Å². The van der Waals surface area contributed by atoms with Crippen LogP contribution in [0.3, 0.4) is 0 Å². The first-order valence-corrected chi connectivity index (χ1v) is 7.06. The summed E-state index contributed by atoms with van der Waals surface area (Å²) in [5.74, 6) is 0.998. The predicted octanol–water partition coefficient (Wildman–Crippen LogP) is 1.63. The number of nitrogens with zero attached hydrogens (tertiary/aromatic N) is 2. The van der Waals surface area contributed by atoms with Crippen LogP contribution in [0.25, 0.3) is 0 Å². The Morgan fingerprint density at radius 3 is 2.24 bits per heavy atom. The van der Waals surface area contributed by atoms with E-state index in [-0.39, 0.29) is 5.41 Å². The Hall–Kier alpha value is -0.410. The molecule has 3 heteroatoms. The van der Waals surface area contributed by atoms with Gasteiger partial charge in [-0.2, -0.15) is 0 Å². The zero-order valence-electron chi connectivity index (χ0n) is 11.3. The van der Waals surface area contributed by atoms with Crippen molar-refractivity contribution in [3.63, 3.8) is 0 Å². The van der Waals surface area contributed by atoms with Gasteiger partial charge in [-0.25, -0.2) is 0 Å². The van der Waals surface area contributed by atoms with Crippen molar-refractivity contribution in [3.8, 4) is 0 Å². The van der Waals surface area contributed by atoms with Crippen molar-refractivity contribution >= 4 is 6.29 Å². The van der Waals surface area contributed by atoms with Crippen molar-refractivity contribution in [1.29, 1.82) is 0 Å². The molecule has 0 spiro atoms. The summed E-state index contributed by atoms with van der Waals surface area (Å²) in [6.07, 6.45) is 4.97. The Balaban J connectivity index is 1.72. The third-order valence-electron chi connectivity index (χ3n) is 4.36. The highest BCUT2D eigenvalue weighted by Gasteiger charge is 2.29. The van der Waals surface area contributed by atoms with Crippen LogP contribution in [0.1, 0.15) is 33.1 Å². The standard InChI is InChI=1S/C14H26N2O/c1-3-14(2,12-17)11-16-8-6-15(7-9-16)10-13-4-5-13/h12-13H,3-11H2,1-2H3. The number of carbonyl (C=O) groups is 1. The molecule has 1 saturated carbocycles. The summed E-state index contributed by atoms with van der Waals surface area (Å²) in [5, 5.41) is 0. The molecule has 2 rings (SSSR count). The van der Waals surface area contributed by atoms with Gasteiger partial charge in [0.1, 0.15) is 6.29 Å². The molecule has 1 aliphatic carbocycles. The van der Waals surface area contributed by atoms with Crippen molar-refractivity contribution in [1.82, 2.24) is 9.80 Å². The summed E-state index contributed by atoms with van der Waals surface area (Å²) < 4.78 is 0. The molecular formula is C14H26N2O. The van der Waals surface area contributed by atoms with Gasteiger partial charge < -0.3 is 9.69 Å². The highest BCUT2D eigenvalue weighted by Crippen LogP contribution is 2.30. The number of hydrogen-bond donors (Lipinski definition) is 0. The summed E-state index contributed by atoms with van der Waals surface area (Å²) in [7, 11) is 0. The molecule has 0 radical (unpaired) electrons. The van der Waals surface area contributed by atoms with Gasteiger partial charge in [-0.15, -0.1) is 0 Å². The fraction of sp³-hybridized carbons (Fsp3) is 0.929. The van der Waals surface area contributed by atoms with E-state index in [1.54, 1.807) is 0 Å². The smallest absolute Gasteiger partial charge is 0.127 e. The van der Waals surface area contributed by atoms with E-state index in [1.165, 1.54) is 32.5 Å². The molecule has 3 nitrogen and oxygen atoms in total. The summed E-state index contributed by atoms with van der Waals surface area (Å²) in [6.45, 7) is 11.1. The van der Waals surface area contributed by atoms with Crippen LogP contribution < -0.4 is 0 Å². The lowest BCUT2D eigenvalue weighted by Gasteiger charge is -2.38. The van der Waals surface area contributed by atoms with Crippen molar-refractivity contribution < 1.29 is 4.79 Å². The molecule has 1 aliphatic heterocycles. The zero-order chi connectivity index (χ0) is 12.3. The van der Waals surface area contributed by atoms with Crippen molar-refractivity contribution in [2.45, 2.75) is 33.1 Å². The van der Waals surface area contributed by atoms with Gasteiger partial charge >= 0.3 is 0 Å². The molecule has 0 N–H and O–H groups in total. The van der Waals surface area contributed by atoms with Gasteiger partial charge in [0.2, 0.25) is 0 Å². The maximum Gasteiger partial charge on any atom is 0.127 e. The third kappa shape index (κ3) is 3.78. The SMILES string of the molecule is CCC(C)(C=O)CN1CCN(CC2CC2)CC1. The summed E-state index contributed by atoms with van der Waals surface area (Å²) in [6, 6.07) is 0. The van der Waals surface area contributed by atoms with E-state index in [0.29, 0.717) is 0 Å². The molecule has 2 fully saturated rings. The summed E-state index contributed by atoms with van der Waals surface area (Å²) >= 11 is 0. The number of hydrogen-bond acceptors (Lipinski definition) is 3. The molecule has 1 saturated heterocycles. The molecule has 1 unspecified atom stereocenters. The van der Waals surface area contributed by atoms with E-state index in [0.717, 1.165) is 38.3 Å². The lowest BCUT2D eigenvalue weighted by atomic mass is 9.88. The second-order valence-electron chi connectivity index (χ2n) is 6.15. The molecule has 1 heterocycles. The maximum atomic E-state index is 11.1. The first-order valence-electron chi connectivity index (χ1n) is 7.06. The Kier molecular flexibility index (Phi) is 4.21. The van der Waals surface area contributed by atoms with Gasteiger partial charge in [-0.05, 0) is 25.2 Å². The predicted molar refractivity (Wildman–Crippen MR) is 70.1 cm³/mol. The summed E-state index contributed by atoms with van der Waals surface area (Å²) in [4.78, 5) is 16.2. The van der Waals surface area contributed by atoms with Gasteiger partial charge in [0.25, 0.3) is 0 Å². The van der Waals surface area contributed by atoms with Crippen LogP contribution in [0.15, 0.2) is 0 Å². The molecule has 2 aliphatic rings. The fourth-order valence-corrected chi connectivity index (χ4v) is 2.54. The Bertz CT molecular complexity index is 257. The Labute approximate surface area is 105 Å². The van der Waals surface area contributed by atoms with Gasteiger partial charge in [0, 0.05) is 44.7 Å². The zero-order valence-corrected chi connectivity index (χ0v) is 11.3. The average molecular weight is 238 g/mol. The van der Waals surface area contributed by atoms with Gasteiger partial charge in [0.05, 0.1) is 0 Å². The lowest BCUT2D eigenvalue weighted by molar-refractivity contribution is -0.116. The highest BCUT2D eigenvalue weighted by molar-refractivity contribution is 5.58. The molecule has 17 heavy (non-hydrogen) atoms. The van der Waals surface area contributed by atoms with Crippen LogP contribution in [-0.2, 0) is 4.79 Å². The fourth-order valence-electron chi connectivity index (χ4n) is 2.54. The molecular weight excluding hydrogens is 212 g/mol. The molecule has 0 aromatic carbocycles. The number of carbonyl (C=O) groups excluding carboxylic acids is 1. The van der Waals surface area contributed by atoms with Crippen molar-refractivity contribution in [2.24, 2.45) is 11.3 Å². The van der Waals surface area contributed by atoms with Crippen LogP contribution in [0.4, 0.5) is 0 Å². The van der Waals surface area contributed by atoms with Crippen molar-refractivity contribution in [3.05, 3.63) is 0 Å². The Morgan fingerprint density at radius 1 is 1.18 bits per heavy atom. The van der Waals surface area contributed by atoms with Crippen LogP contribution in [0.5, 0.6) is 0 Å². The van der Waals surface area contributed by atoms with E-state index < -0.39 is 0 Å². The largest absolute Gasteiger partial charge is 0.303 e. The first-order chi connectivity index (χ1) is 8.15. The number of piperazine rings is 1. The Morgan fingerprint density at radius 2 is 1.76 bits per heavy atom. The normalized spacial score (nSPS) is 26.7. The molecule has 98 valence electrons. The van der Waals surface area contributed by atoms with E-state index in [1.807, 2.05) is 0 Å². The van der Waals surface area contributed by atoms with Crippen LogP contribution in [0, 0.1) is 11.3 Å². The quantitative estimate of drug-likeness (QED) is 0.657. The topological polar surface area (TPSA) is 23.6 Å². The molecule has 1 atom stereocenters. The maximum absolute atomic E-state index is 11.1. The van der Waals surface area contributed by atoms with Crippen LogP contribution in [0.2, 0.25) is 0 Å². The molecule has 0 aromatic rings. The minimum Gasteiger partial charge on any atom is -0.303 e. The van der Waals surface area contributed by atoms with E-state index in [9.17, 15) is 4.79 Å². The minimum atomic E-state index is -0.140. The monoisotopic (exact) mass is 238 g/mol. The molecule has 0 aromatic heterocycles. The van der Waals surface area contributed by atoms with E-state index in [2.05, 4.69) is 23.6 Å². The second kappa shape index (κ2) is 5.49. The van der Waals surface area contributed by atoms with Gasteiger partial charge in [-0.3, -0.25) is 4.90 Å². The highest BCUT2D eigenvalue weighted by atomic mass is 16.1. The average Bonchev–Trinajstić information content (AvgIpc) is 3.15. The number of rotatable bonds is 6. The van der Waals surface area contributed by atoms with Crippen LogP contribution >= 0.6 is 0 Å². The molecule has 0 bridgehead atoms. The number of aldehydes is 1. The third-order valence-corrected chi connectivity index (χ3v) is 4.36. The first kappa shape index (κ1) is 13.0. The lowest BCUT2D eigenvalue weighted by Crippen LogP contribution is -2.50. The van der Waals surface area contributed by atoms with Gasteiger partial charge in [-0.1, -0.05) is 13.8 Å². The van der Waals surface area contributed by atoms with Crippen molar-refractivity contribution in [2.75, 3.05) is 39.3 Å².